The third kappa shape index (κ3) is 4.49. The number of hydrogen-bond acceptors (Lipinski definition) is 7. The molecule has 1 aliphatic heterocycles. The molecule has 9 heteroatoms. The van der Waals surface area contributed by atoms with E-state index in [2.05, 4.69) is 4.99 Å². The normalized spacial score (nSPS) is 14.4. The van der Waals surface area contributed by atoms with Crippen LogP contribution in [0.15, 0.2) is 47.1 Å². The van der Waals surface area contributed by atoms with Gasteiger partial charge in [0.1, 0.15) is 0 Å². The van der Waals surface area contributed by atoms with Crippen molar-refractivity contribution in [2.75, 3.05) is 20.8 Å². The average molecular weight is 417 g/mol. The smallest absolute Gasteiger partial charge is 0.363 e. The Balaban J connectivity index is 1.98. The molecular weight excluding hydrogens is 400 g/mol. The topological polar surface area (TPSA) is 109 Å². The van der Waals surface area contributed by atoms with Crippen LogP contribution in [0.1, 0.15) is 11.1 Å². The van der Waals surface area contributed by atoms with E-state index in [0.29, 0.717) is 27.6 Å². The predicted molar refractivity (Wildman–Crippen MR) is 106 cm³/mol. The summed E-state index contributed by atoms with van der Waals surface area (Å²) in [4.78, 5) is 27.5. The first-order chi connectivity index (χ1) is 13.9. The zero-order valence-corrected chi connectivity index (χ0v) is 16.4. The highest BCUT2D eigenvalue weighted by molar-refractivity contribution is 6.34. The van der Waals surface area contributed by atoms with E-state index < -0.39 is 11.9 Å². The molecule has 150 valence electrons. The van der Waals surface area contributed by atoms with Gasteiger partial charge in [0.2, 0.25) is 11.6 Å². The second-order valence-electron chi connectivity index (χ2n) is 5.83. The van der Waals surface area contributed by atoms with E-state index in [-0.39, 0.29) is 24.0 Å². The van der Waals surface area contributed by atoms with Gasteiger partial charge in [0, 0.05) is 0 Å². The molecule has 2 aromatic rings. The fourth-order valence-corrected chi connectivity index (χ4v) is 2.80. The highest BCUT2D eigenvalue weighted by Crippen LogP contribution is 2.39. The van der Waals surface area contributed by atoms with E-state index >= 15 is 0 Å². The molecule has 0 atom stereocenters. The van der Waals surface area contributed by atoms with E-state index in [0.717, 1.165) is 0 Å². The van der Waals surface area contributed by atoms with Gasteiger partial charge in [-0.3, -0.25) is 4.79 Å². The molecule has 0 unspecified atom stereocenters. The van der Waals surface area contributed by atoms with Gasteiger partial charge in [-0.15, -0.1) is 0 Å². The van der Waals surface area contributed by atoms with Gasteiger partial charge in [-0.05, 0) is 35.9 Å². The van der Waals surface area contributed by atoms with Gasteiger partial charge >= 0.3 is 5.97 Å². The summed E-state index contributed by atoms with van der Waals surface area (Å²) in [6.07, 6.45) is 1.51. The van der Waals surface area contributed by atoms with Crippen LogP contribution in [0.4, 0.5) is 0 Å². The van der Waals surface area contributed by atoms with Gasteiger partial charge in [0.25, 0.3) is 5.91 Å². The van der Waals surface area contributed by atoms with Crippen molar-refractivity contribution in [1.29, 1.82) is 0 Å². The lowest BCUT2D eigenvalue weighted by molar-refractivity contribution is -0.130. The van der Waals surface area contributed by atoms with E-state index in [4.69, 9.17) is 36.3 Å². The number of methoxy groups -OCH3 is 2. The summed E-state index contributed by atoms with van der Waals surface area (Å²) < 4.78 is 21.2. The van der Waals surface area contributed by atoms with Crippen molar-refractivity contribution in [1.82, 2.24) is 0 Å². The Morgan fingerprint density at radius 1 is 1.21 bits per heavy atom. The van der Waals surface area contributed by atoms with E-state index in [1.54, 1.807) is 36.4 Å². The van der Waals surface area contributed by atoms with E-state index in [1.165, 1.54) is 20.3 Å². The van der Waals surface area contributed by atoms with Crippen LogP contribution < -0.4 is 19.9 Å². The molecule has 0 saturated carbocycles. The number of primary amides is 1. The Labute approximate surface area is 171 Å². The zero-order valence-electron chi connectivity index (χ0n) is 15.6. The molecule has 29 heavy (non-hydrogen) atoms. The molecular formula is C20H17ClN2O6. The fourth-order valence-electron chi connectivity index (χ4n) is 2.59. The van der Waals surface area contributed by atoms with Crippen LogP contribution in [0, 0.1) is 0 Å². The van der Waals surface area contributed by atoms with Crippen molar-refractivity contribution in [3.05, 3.63) is 58.2 Å². The van der Waals surface area contributed by atoms with Crippen LogP contribution in [0.25, 0.3) is 6.08 Å². The molecule has 0 fully saturated rings. The molecule has 2 N–H and O–H groups in total. The van der Waals surface area contributed by atoms with Crippen LogP contribution >= 0.6 is 11.6 Å². The number of aliphatic imine (C=N–C) groups is 1. The molecule has 0 aromatic heterocycles. The van der Waals surface area contributed by atoms with Crippen LogP contribution in [0.2, 0.25) is 5.02 Å². The number of carbonyl (C=O) groups excluding carboxylic acids is 2. The molecule has 1 aliphatic rings. The molecule has 0 radical (unpaired) electrons. The van der Waals surface area contributed by atoms with Crippen LogP contribution in [-0.2, 0) is 14.3 Å². The summed E-state index contributed by atoms with van der Waals surface area (Å²) in [5.41, 5.74) is 6.25. The largest absolute Gasteiger partial charge is 0.493 e. The van der Waals surface area contributed by atoms with Crippen molar-refractivity contribution in [3.63, 3.8) is 0 Å². The number of amides is 1. The molecule has 0 saturated heterocycles. The third-order valence-electron chi connectivity index (χ3n) is 3.87. The maximum atomic E-state index is 12.2. The maximum absolute atomic E-state index is 12.2. The Morgan fingerprint density at radius 3 is 2.45 bits per heavy atom. The second-order valence-corrected chi connectivity index (χ2v) is 6.23. The Kier molecular flexibility index (Phi) is 6.04. The van der Waals surface area contributed by atoms with E-state index in [1.807, 2.05) is 0 Å². The van der Waals surface area contributed by atoms with Crippen LogP contribution in [-0.4, -0.2) is 38.6 Å². The number of halogens is 1. The highest BCUT2D eigenvalue weighted by Gasteiger charge is 2.26. The minimum Gasteiger partial charge on any atom is -0.493 e. The number of carbonyl (C=O) groups is 2. The minimum absolute atomic E-state index is 0.0785. The molecule has 0 spiro atoms. The zero-order chi connectivity index (χ0) is 21.0. The number of benzene rings is 2. The maximum Gasteiger partial charge on any atom is 0.363 e. The van der Waals surface area contributed by atoms with Crippen molar-refractivity contribution in [2.45, 2.75) is 0 Å². The lowest BCUT2D eigenvalue weighted by Gasteiger charge is -2.14. The van der Waals surface area contributed by atoms with Crippen molar-refractivity contribution >= 4 is 35.5 Å². The summed E-state index contributed by atoms with van der Waals surface area (Å²) in [5, 5.41) is 0.416. The summed E-state index contributed by atoms with van der Waals surface area (Å²) in [6, 6.07) is 10.1. The molecule has 2 aromatic carbocycles. The van der Waals surface area contributed by atoms with Gasteiger partial charge in [0.15, 0.2) is 23.8 Å². The molecule has 1 heterocycles. The van der Waals surface area contributed by atoms with Crippen molar-refractivity contribution in [2.24, 2.45) is 10.7 Å². The van der Waals surface area contributed by atoms with Gasteiger partial charge in [-0.2, -0.15) is 0 Å². The summed E-state index contributed by atoms with van der Waals surface area (Å²) in [6.45, 7) is -0.342. The Morgan fingerprint density at radius 2 is 1.86 bits per heavy atom. The lowest BCUT2D eigenvalue weighted by atomic mass is 10.1. The third-order valence-corrected chi connectivity index (χ3v) is 4.20. The number of esters is 1. The quantitative estimate of drug-likeness (QED) is 0.548. The van der Waals surface area contributed by atoms with Gasteiger partial charge in [0.05, 0.1) is 24.8 Å². The van der Waals surface area contributed by atoms with Crippen molar-refractivity contribution in [3.8, 4) is 17.2 Å². The summed E-state index contributed by atoms with van der Waals surface area (Å²) in [7, 11) is 2.86. The number of nitrogens with zero attached hydrogens (tertiary/aromatic N) is 1. The number of hydrogen-bond donors (Lipinski definition) is 1. The van der Waals surface area contributed by atoms with Gasteiger partial charge in [-0.1, -0.05) is 23.7 Å². The molecule has 0 aliphatic carbocycles. The van der Waals surface area contributed by atoms with Crippen molar-refractivity contribution < 1.29 is 28.5 Å². The fraction of sp³-hybridized carbons (Fsp3) is 0.150. The highest BCUT2D eigenvalue weighted by atomic mass is 35.5. The SMILES string of the molecule is COc1cc(/C=C2/N=C(c3ccccc3Cl)OC2=O)cc(OC)c1OCC(N)=O. The van der Waals surface area contributed by atoms with Crippen LogP contribution in [0.3, 0.4) is 0 Å². The van der Waals surface area contributed by atoms with Crippen LogP contribution in [0.5, 0.6) is 17.2 Å². The first kappa shape index (κ1) is 20.2. The molecule has 3 rings (SSSR count). The van der Waals surface area contributed by atoms with Gasteiger partial charge < -0.3 is 24.7 Å². The summed E-state index contributed by atoms with van der Waals surface area (Å²) in [5.74, 6) is -0.349. The lowest BCUT2D eigenvalue weighted by Crippen LogP contribution is -2.20. The van der Waals surface area contributed by atoms with E-state index in [9.17, 15) is 9.59 Å². The Hall–Kier alpha value is -3.52. The Bertz CT molecular complexity index is 1010. The molecule has 0 bridgehead atoms. The monoisotopic (exact) mass is 416 g/mol. The number of ether oxygens (including phenoxy) is 4. The molecule has 1 amide bonds. The first-order valence-electron chi connectivity index (χ1n) is 8.37. The predicted octanol–water partition coefficient (Wildman–Crippen LogP) is 2.57. The number of cyclic esters (lactones) is 1. The van der Waals surface area contributed by atoms with Gasteiger partial charge in [-0.25, -0.2) is 9.79 Å². The minimum atomic E-state index is -0.643. The number of rotatable bonds is 7. The standard InChI is InChI=1S/C20H17ClN2O6/c1-26-15-8-11(9-16(27-2)18(15)28-10-17(22)24)7-14-20(25)29-19(23-14)12-5-3-4-6-13(12)21/h3-9H,10H2,1-2H3,(H2,22,24)/b14-7+. The average Bonchev–Trinajstić information content (AvgIpc) is 3.06. The molecule has 8 nitrogen and oxygen atoms in total. The summed E-state index contributed by atoms with van der Waals surface area (Å²) >= 11 is 6.14. The number of nitrogens with two attached hydrogens (primary N) is 1. The second kappa shape index (κ2) is 8.66. The first-order valence-corrected chi connectivity index (χ1v) is 8.75.